The first-order chi connectivity index (χ1) is 11.9. The van der Waals surface area contributed by atoms with Gasteiger partial charge in [0.25, 0.3) is 5.91 Å². The number of pyridine rings is 1. The van der Waals surface area contributed by atoms with E-state index in [4.69, 9.17) is 5.11 Å². The predicted molar refractivity (Wildman–Crippen MR) is 98.4 cm³/mol. The van der Waals surface area contributed by atoms with Gasteiger partial charge in [0.05, 0.1) is 11.3 Å². The number of aromatic carboxylic acids is 1. The monoisotopic (exact) mass is 401 g/mol. The Hall–Kier alpha value is -2.67. The zero-order valence-corrected chi connectivity index (χ0v) is 15.3. The molecule has 0 unspecified atom stereocenters. The van der Waals surface area contributed by atoms with Gasteiger partial charge in [0.15, 0.2) is 0 Å². The van der Waals surface area contributed by atoms with E-state index in [1.807, 2.05) is 26.1 Å². The third kappa shape index (κ3) is 3.28. The minimum atomic E-state index is -1.01. The molecule has 0 saturated heterocycles. The molecule has 0 fully saturated rings. The fourth-order valence-electron chi connectivity index (χ4n) is 2.69. The number of hydrogen-bond donors (Lipinski definition) is 2. The molecule has 3 rings (SSSR count). The summed E-state index contributed by atoms with van der Waals surface area (Å²) in [7, 11) is 0. The van der Waals surface area contributed by atoms with Gasteiger partial charge in [0, 0.05) is 16.4 Å². The van der Waals surface area contributed by atoms with Crippen LogP contribution in [0.2, 0.25) is 0 Å². The van der Waals surface area contributed by atoms with E-state index in [9.17, 15) is 9.59 Å². The Bertz CT molecular complexity index is 977. The minimum Gasteiger partial charge on any atom is -0.478 e. The molecule has 0 bridgehead atoms. The van der Waals surface area contributed by atoms with Crippen molar-refractivity contribution in [1.29, 1.82) is 0 Å². The number of carbonyl (C=O) groups excluding carboxylic acids is 1. The Labute approximate surface area is 152 Å². The minimum absolute atomic E-state index is 0.168. The van der Waals surface area contributed by atoms with Crippen molar-refractivity contribution in [3.63, 3.8) is 0 Å². The molecular formula is C18H16BrN3O3. The molecule has 2 N–H and O–H groups in total. The topological polar surface area (TPSA) is 83.7 Å². The van der Waals surface area contributed by atoms with Gasteiger partial charge in [0.1, 0.15) is 11.3 Å². The second kappa shape index (κ2) is 6.68. The van der Waals surface area contributed by atoms with Crippen LogP contribution < -0.4 is 5.32 Å². The lowest BCUT2D eigenvalue weighted by atomic mass is 10.2. The number of nitrogens with one attached hydrogen (secondary N) is 1. The van der Waals surface area contributed by atoms with Crippen molar-refractivity contribution in [2.24, 2.45) is 0 Å². The number of amides is 1. The fourth-order valence-corrected chi connectivity index (χ4v) is 3.24. The van der Waals surface area contributed by atoms with Crippen LogP contribution >= 0.6 is 15.9 Å². The summed E-state index contributed by atoms with van der Waals surface area (Å²) in [6.45, 7) is 3.89. The summed E-state index contributed by atoms with van der Waals surface area (Å²) >= 11 is 3.45. The maximum atomic E-state index is 12.8. The fraction of sp³-hybridized carbons (Fsp3) is 0.167. The second-order valence-corrected chi connectivity index (χ2v) is 6.55. The van der Waals surface area contributed by atoms with Crippen LogP contribution in [0.25, 0.3) is 5.65 Å². The van der Waals surface area contributed by atoms with Crippen LogP contribution in [-0.4, -0.2) is 26.4 Å². The van der Waals surface area contributed by atoms with E-state index in [0.717, 1.165) is 15.7 Å². The standard InChI is InChI=1S/C18H16BrN3O3/c1-3-14-15(22-9-12(19)8-10(2)16(22)21-14)17(23)20-13-6-4-11(5-7-13)18(24)25/h4-9H,3H2,1-2H3,(H,20,23)(H,24,25). The molecule has 25 heavy (non-hydrogen) atoms. The number of aromatic nitrogens is 2. The summed E-state index contributed by atoms with van der Waals surface area (Å²) in [6.07, 6.45) is 2.44. The molecular weight excluding hydrogens is 386 g/mol. The van der Waals surface area contributed by atoms with Crippen LogP contribution in [0.4, 0.5) is 5.69 Å². The molecule has 1 amide bonds. The number of imidazole rings is 1. The van der Waals surface area contributed by atoms with Crippen molar-refractivity contribution < 1.29 is 14.7 Å². The first kappa shape index (κ1) is 17.2. The van der Waals surface area contributed by atoms with E-state index >= 15 is 0 Å². The average molecular weight is 402 g/mol. The Kier molecular flexibility index (Phi) is 4.59. The Morgan fingerprint density at radius 3 is 2.56 bits per heavy atom. The smallest absolute Gasteiger partial charge is 0.335 e. The van der Waals surface area contributed by atoms with Crippen molar-refractivity contribution in [2.75, 3.05) is 5.32 Å². The van der Waals surface area contributed by atoms with Gasteiger partial charge in [-0.1, -0.05) is 6.92 Å². The van der Waals surface area contributed by atoms with Crippen LogP contribution in [0, 0.1) is 6.92 Å². The highest BCUT2D eigenvalue weighted by atomic mass is 79.9. The van der Waals surface area contributed by atoms with E-state index < -0.39 is 5.97 Å². The van der Waals surface area contributed by atoms with Gasteiger partial charge in [-0.25, -0.2) is 9.78 Å². The number of nitrogens with zero attached hydrogens (tertiary/aromatic N) is 2. The molecule has 7 heteroatoms. The number of rotatable bonds is 4. The summed E-state index contributed by atoms with van der Waals surface area (Å²) in [5, 5.41) is 11.8. The van der Waals surface area contributed by atoms with Gasteiger partial charge in [-0.3, -0.25) is 9.20 Å². The van der Waals surface area contributed by atoms with Crippen LogP contribution in [-0.2, 0) is 6.42 Å². The largest absolute Gasteiger partial charge is 0.478 e. The van der Waals surface area contributed by atoms with Gasteiger partial charge in [-0.05, 0) is 65.2 Å². The van der Waals surface area contributed by atoms with E-state index in [-0.39, 0.29) is 11.5 Å². The predicted octanol–water partition coefficient (Wildman–Crippen LogP) is 3.92. The van der Waals surface area contributed by atoms with E-state index in [0.29, 0.717) is 23.5 Å². The number of carbonyl (C=O) groups is 2. The van der Waals surface area contributed by atoms with Crippen molar-refractivity contribution in [3.8, 4) is 0 Å². The van der Waals surface area contributed by atoms with Crippen LogP contribution in [0.15, 0.2) is 41.0 Å². The lowest BCUT2D eigenvalue weighted by Gasteiger charge is -2.08. The summed E-state index contributed by atoms with van der Waals surface area (Å²) < 4.78 is 2.64. The quantitative estimate of drug-likeness (QED) is 0.693. The molecule has 0 spiro atoms. The first-order valence-corrected chi connectivity index (χ1v) is 8.51. The number of carboxylic acid groups (broad SMARTS) is 1. The van der Waals surface area contributed by atoms with Crippen LogP contribution in [0.5, 0.6) is 0 Å². The summed E-state index contributed by atoms with van der Waals surface area (Å²) in [4.78, 5) is 28.3. The maximum Gasteiger partial charge on any atom is 0.335 e. The van der Waals surface area contributed by atoms with Crippen molar-refractivity contribution in [2.45, 2.75) is 20.3 Å². The van der Waals surface area contributed by atoms with Gasteiger partial charge in [0.2, 0.25) is 0 Å². The molecule has 0 atom stereocenters. The molecule has 2 heterocycles. The third-order valence-electron chi connectivity index (χ3n) is 3.88. The van der Waals surface area contributed by atoms with Crippen molar-refractivity contribution in [3.05, 3.63) is 63.5 Å². The first-order valence-electron chi connectivity index (χ1n) is 7.72. The molecule has 6 nitrogen and oxygen atoms in total. The highest BCUT2D eigenvalue weighted by molar-refractivity contribution is 9.10. The number of anilines is 1. The molecule has 3 aromatic rings. The molecule has 0 aliphatic heterocycles. The zero-order valence-electron chi connectivity index (χ0n) is 13.7. The molecule has 0 radical (unpaired) electrons. The Morgan fingerprint density at radius 1 is 1.28 bits per heavy atom. The Balaban J connectivity index is 2.00. The lowest BCUT2D eigenvalue weighted by molar-refractivity contribution is 0.0696. The van der Waals surface area contributed by atoms with Crippen molar-refractivity contribution in [1.82, 2.24) is 9.38 Å². The zero-order chi connectivity index (χ0) is 18.1. The average Bonchev–Trinajstić information content (AvgIpc) is 2.94. The molecule has 1 aromatic carbocycles. The number of aryl methyl sites for hydroxylation is 2. The highest BCUT2D eigenvalue weighted by Gasteiger charge is 2.20. The second-order valence-electron chi connectivity index (χ2n) is 5.63. The number of halogens is 1. The molecule has 128 valence electrons. The molecule has 0 aliphatic rings. The van der Waals surface area contributed by atoms with Crippen LogP contribution in [0.1, 0.15) is 39.0 Å². The number of benzene rings is 1. The third-order valence-corrected chi connectivity index (χ3v) is 4.32. The van der Waals surface area contributed by atoms with E-state index in [1.54, 1.807) is 16.5 Å². The van der Waals surface area contributed by atoms with Gasteiger partial charge < -0.3 is 10.4 Å². The number of hydrogen-bond acceptors (Lipinski definition) is 3. The number of fused-ring (bicyclic) bond motifs is 1. The van der Waals surface area contributed by atoms with E-state index in [1.165, 1.54) is 12.1 Å². The molecule has 2 aromatic heterocycles. The van der Waals surface area contributed by atoms with Crippen LogP contribution in [0.3, 0.4) is 0 Å². The van der Waals surface area contributed by atoms with Crippen molar-refractivity contribution >= 4 is 39.1 Å². The highest BCUT2D eigenvalue weighted by Crippen LogP contribution is 2.22. The molecule has 0 saturated carbocycles. The van der Waals surface area contributed by atoms with Gasteiger partial charge in [-0.15, -0.1) is 0 Å². The maximum absolute atomic E-state index is 12.8. The lowest BCUT2D eigenvalue weighted by Crippen LogP contribution is -2.16. The SMILES string of the molecule is CCc1nc2c(C)cc(Br)cn2c1C(=O)Nc1ccc(C(=O)O)cc1. The normalized spacial score (nSPS) is 10.8. The number of carboxylic acids is 1. The summed E-state index contributed by atoms with van der Waals surface area (Å²) in [6, 6.07) is 7.99. The Morgan fingerprint density at radius 2 is 1.96 bits per heavy atom. The summed E-state index contributed by atoms with van der Waals surface area (Å²) in [5.41, 5.74) is 3.59. The summed E-state index contributed by atoms with van der Waals surface area (Å²) in [5.74, 6) is -1.29. The van der Waals surface area contributed by atoms with E-state index in [2.05, 4.69) is 26.2 Å². The van der Waals surface area contributed by atoms with Gasteiger partial charge in [-0.2, -0.15) is 0 Å². The van der Waals surface area contributed by atoms with Gasteiger partial charge >= 0.3 is 5.97 Å². The molecule has 0 aliphatic carbocycles.